The number of likely N-dealkylation sites (N-methyl/N-ethyl adjacent to an activating group) is 1. The van der Waals surface area contributed by atoms with Crippen LogP contribution in [0.25, 0.3) is 0 Å². The molecule has 4 rings (SSSR count). The summed E-state index contributed by atoms with van der Waals surface area (Å²) in [4.78, 5) is 40.2. The van der Waals surface area contributed by atoms with E-state index < -0.39 is 24.1 Å². The van der Waals surface area contributed by atoms with E-state index in [4.69, 9.17) is 0 Å². The van der Waals surface area contributed by atoms with Crippen LogP contribution in [0.2, 0.25) is 0 Å². The van der Waals surface area contributed by atoms with Crippen LogP contribution in [0.3, 0.4) is 0 Å². The van der Waals surface area contributed by atoms with Gasteiger partial charge >= 0.3 is 0 Å². The van der Waals surface area contributed by atoms with Crippen LogP contribution in [0.5, 0.6) is 0 Å². The van der Waals surface area contributed by atoms with Crippen molar-refractivity contribution in [1.29, 1.82) is 0 Å². The number of imide groups is 1. The Labute approximate surface area is 191 Å². The van der Waals surface area contributed by atoms with Crippen molar-refractivity contribution in [3.8, 4) is 0 Å². The molecule has 10 nitrogen and oxygen atoms in total. The van der Waals surface area contributed by atoms with E-state index in [-0.39, 0.29) is 49.0 Å². The lowest BCUT2D eigenvalue weighted by atomic mass is 10.00. The van der Waals surface area contributed by atoms with Gasteiger partial charge in [0.25, 0.3) is 5.91 Å². The van der Waals surface area contributed by atoms with Gasteiger partial charge in [0.1, 0.15) is 12.3 Å². The average Bonchev–Trinajstić information content (AvgIpc) is 3.64. The molecule has 0 spiro atoms. The van der Waals surface area contributed by atoms with E-state index in [1.807, 2.05) is 4.90 Å². The lowest BCUT2D eigenvalue weighted by Gasteiger charge is -2.31. The number of piperidine rings is 1. The Bertz CT molecular complexity index is 1010. The largest absolute Gasteiger partial charge is 0.395 e. The van der Waals surface area contributed by atoms with Crippen LogP contribution in [0.1, 0.15) is 35.7 Å². The molecule has 0 bridgehead atoms. The zero-order valence-corrected chi connectivity index (χ0v) is 18.7. The molecule has 2 fully saturated rings. The summed E-state index contributed by atoms with van der Waals surface area (Å²) in [5, 5.41) is 34.5. The van der Waals surface area contributed by atoms with Crippen LogP contribution in [0, 0.1) is 5.41 Å². The van der Waals surface area contributed by atoms with E-state index in [0.717, 1.165) is 5.57 Å². The van der Waals surface area contributed by atoms with Gasteiger partial charge in [0.2, 0.25) is 11.8 Å². The number of nitrogens with one attached hydrogen (secondary N) is 2. The summed E-state index contributed by atoms with van der Waals surface area (Å²) >= 11 is 0. The maximum atomic E-state index is 13.4. The summed E-state index contributed by atoms with van der Waals surface area (Å²) in [7, 11) is 1.52. The van der Waals surface area contributed by atoms with E-state index in [0.29, 0.717) is 24.3 Å². The molecule has 3 aliphatic rings. The number of carbonyl (C=O) groups is 3. The maximum absolute atomic E-state index is 13.4. The summed E-state index contributed by atoms with van der Waals surface area (Å²) in [5.74, 6) is -1.27. The first-order valence-corrected chi connectivity index (χ1v) is 11.0. The highest BCUT2D eigenvalue weighted by molar-refractivity contribution is 6.06. The van der Waals surface area contributed by atoms with Crippen molar-refractivity contribution in [3.63, 3.8) is 0 Å². The predicted molar refractivity (Wildman–Crippen MR) is 119 cm³/mol. The molecule has 10 heteroatoms. The van der Waals surface area contributed by atoms with Crippen molar-refractivity contribution in [2.24, 2.45) is 5.41 Å². The molecule has 1 aromatic rings. The molecular formula is C23H30N4O6. The Morgan fingerprint density at radius 3 is 2.73 bits per heavy atom. The predicted octanol–water partition coefficient (Wildman–Crippen LogP) is -0.591. The number of benzene rings is 1. The van der Waals surface area contributed by atoms with Crippen molar-refractivity contribution in [3.05, 3.63) is 41.0 Å². The first kappa shape index (κ1) is 23.4. The van der Waals surface area contributed by atoms with E-state index in [1.165, 1.54) is 11.9 Å². The van der Waals surface area contributed by atoms with Crippen LogP contribution in [-0.4, -0.2) is 87.9 Å². The van der Waals surface area contributed by atoms with Gasteiger partial charge in [-0.3, -0.25) is 24.6 Å². The van der Waals surface area contributed by atoms with Gasteiger partial charge in [-0.25, -0.2) is 0 Å². The van der Waals surface area contributed by atoms with Crippen molar-refractivity contribution in [2.75, 3.05) is 32.1 Å². The number of carbonyl (C=O) groups excluding carboxylic acids is 3. The van der Waals surface area contributed by atoms with Gasteiger partial charge in [0.05, 0.1) is 24.8 Å². The SMILES string of the molecule is CN(C(=O)c1c(CO)cccc1NCC1=CC1(C)CN1C(O)C1CO)C1CCC(=O)NC1=O. The van der Waals surface area contributed by atoms with Gasteiger partial charge < -0.3 is 25.5 Å². The molecule has 5 unspecified atom stereocenters. The Morgan fingerprint density at radius 1 is 1.33 bits per heavy atom. The molecular weight excluding hydrogens is 428 g/mol. The molecule has 1 aliphatic carbocycles. The zero-order valence-electron chi connectivity index (χ0n) is 18.7. The van der Waals surface area contributed by atoms with E-state index in [9.17, 15) is 29.7 Å². The molecule has 2 aliphatic heterocycles. The normalized spacial score (nSPS) is 30.4. The minimum atomic E-state index is -0.761. The van der Waals surface area contributed by atoms with Crippen molar-refractivity contribution >= 4 is 23.4 Å². The van der Waals surface area contributed by atoms with Crippen molar-refractivity contribution in [2.45, 2.75) is 44.7 Å². The highest BCUT2D eigenvalue weighted by Crippen LogP contribution is 2.47. The van der Waals surface area contributed by atoms with E-state index >= 15 is 0 Å². The third-order valence-corrected chi connectivity index (χ3v) is 6.86. The number of aliphatic hydroxyl groups is 3. The van der Waals surface area contributed by atoms with Gasteiger partial charge in [-0.1, -0.05) is 25.1 Å². The number of rotatable bonds is 9. The summed E-state index contributed by atoms with van der Waals surface area (Å²) in [6, 6.07) is 4.19. The fourth-order valence-corrected chi connectivity index (χ4v) is 4.54. The van der Waals surface area contributed by atoms with Crippen LogP contribution >= 0.6 is 0 Å². The standard InChI is InChI=1S/C23H30N4O6/c1-23(12-27-17(11-29)21(27)32)8-14(23)9-24-15-5-3-4-13(10-28)19(15)22(33)26(2)16-6-7-18(30)25-20(16)31/h3-5,8,16-17,21,24,28-29,32H,6-7,9-12H2,1-2H3,(H,25,30,31). The molecule has 2 saturated heterocycles. The highest BCUT2D eigenvalue weighted by Gasteiger charge is 2.52. The van der Waals surface area contributed by atoms with Crippen LogP contribution < -0.4 is 10.6 Å². The topological polar surface area (TPSA) is 142 Å². The molecule has 0 saturated carbocycles. The second-order valence-electron chi connectivity index (χ2n) is 9.16. The van der Waals surface area contributed by atoms with E-state index in [1.54, 1.807) is 18.2 Å². The number of amides is 3. The first-order chi connectivity index (χ1) is 15.7. The minimum absolute atomic E-state index is 0.0784. The Kier molecular flexibility index (Phi) is 6.28. The molecule has 178 valence electrons. The van der Waals surface area contributed by atoms with Crippen molar-refractivity contribution in [1.82, 2.24) is 15.1 Å². The molecule has 0 radical (unpaired) electrons. The van der Waals surface area contributed by atoms with Crippen LogP contribution in [0.15, 0.2) is 29.8 Å². The number of aliphatic hydroxyl groups excluding tert-OH is 3. The second-order valence-corrected chi connectivity index (χ2v) is 9.16. The molecule has 1 aromatic carbocycles. The summed E-state index contributed by atoms with van der Waals surface area (Å²) in [6.45, 7) is 2.72. The zero-order chi connectivity index (χ0) is 23.9. The third-order valence-electron chi connectivity index (χ3n) is 6.86. The number of nitrogens with zero attached hydrogens (tertiary/aromatic N) is 2. The van der Waals surface area contributed by atoms with Gasteiger partial charge in [0, 0.05) is 37.7 Å². The first-order valence-electron chi connectivity index (χ1n) is 11.0. The van der Waals surface area contributed by atoms with Crippen molar-refractivity contribution < 1.29 is 29.7 Å². The monoisotopic (exact) mass is 458 g/mol. The molecule has 3 amide bonds. The maximum Gasteiger partial charge on any atom is 0.256 e. The molecule has 5 atom stereocenters. The molecule has 2 heterocycles. The lowest BCUT2D eigenvalue weighted by Crippen LogP contribution is -2.53. The molecule has 33 heavy (non-hydrogen) atoms. The Balaban J connectivity index is 1.44. The smallest absolute Gasteiger partial charge is 0.256 e. The fraction of sp³-hybridized carbons (Fsp3) is 0.522. The van der Waals surface area contributed by atoms with Gasteiger partial charge in [0.15, 0.2) is 0 Å². The van der Waals surface area contributed by atoms with Gasteiger partial charge in [-0.05, 0) is 23.6 Å². The summed E-state index contributed by atoms with van der Waals surface area (Å²) in [6.07, 6.45) is 1.89. The summed E-state index contributed by atoms with van der Waals surface area (Å²) < 4.78 is 0. The summed E-state index contributed by atoms with van der Waals surface area (Å²) in [5.41, 5.74) is 2.19. The quantitative estimate of drug-likeness (QED) is 0.188. The van der Waals surface area contributed by atoms with E-state index in [2.05, 4.69) is 23.6 Å². The van der Waals surface area contributed by atoms with Crippen LogP contribution in [-0.2, 0) is 16.2 Å². The second kappa shape index (κ2) is 8.86. The van der Waals surface area contributed by atoms with Gasteiger partial charge in [-0.15, -0.1) is 0 Å². The van der Waals surface area contributed by atoms with Gasteiger partial charge in [-0.2, -0.15) is 0 Å². The Hall–Kier alpha value is -2.79. The average molecular weight is 459 g/mol. The number of hydrogen-bond acceptors (Lipinski definition) is 8. The number of anilines is 1. The minimum Gasteiger partial charge on any atom is -0.395 e. The lowest BCUT2D eigenvalue weighted by molar-refractivity contribution is -0.136. The third kappa shape index (κ3) is 4.51. The Morgan fingerprint density at radius 2 is 2.09 bits per heavy atom. The highest BCUT2D eigenvalue weighted by atomic mass is 16.3. The molecule has 5 N–H and O–H groups in total. The fourth-order valence-electron chi connectivity index (χ4n) is 4.54. The number of hydrogen-bond donors (Lipinski definition) is 5. The van der Waals surface area contributed by atoms with Crippen LogP contribution in [0.4, 0.5) is 5.69 Å². The molecule has 0 aromatic heterocycles.